The number of H-pyrrole nitrogens is 2. The van der Waals surface area contributed by atoms with Gasteiger partial charge in [0.25, 0.3) is 5.91 Å². The molecule has 4 atom stereocenters. The van der Waals surface area contributed by atoms with E-state index in [4.69, 9.17) is 14.5 Å². The molecule has 14 nitrogen and oxygen atoms in total. The number of carbonyl (C=O) groups is 4. The zero-order valence-corrected chi connectivity index (χ0v) is 34.6. The predicted octanol–water partition coefficient (Wildman–Crippen LogP) is 7.99. The van der Waals surface area contributed by atoms with Crippen molar-refractivity contribution in [2.24, 2.45) is 5.92 Å². The maximum absolute atomic E-state index is 13.9. The smallest absolute Gasteiger partial charge is 0.407 e. The van der Waals surface area contributed by atoms with Crippen molar-refractivity contribution >= 4 is 56.1 Å². The molecule has 2 aromatic carbocycles. The summed E-state index contributed by atoms with van der Waals surface area (Å²) < 4.78 is 11.9. The van der Waals surface area contributed by atoms with Crippen LogP contribution in [-0.4, -0.2) is 87.1 Å². The quantitative estimate of drug-likeness (QED) is 0.0951. The fraction of sp³-hybridized carbons (Fsp3) is 0.302. The number of imidazole rings is 2. The van der Waals surface area contributed by atoms with Crippen LogP contribution >= 0.6 is 22.7 Å². The third-order valence-electron chi connectivity index (χ3n) is 10.7. The van der Waals surface area contributed by atoms with Gasteiger partial charge in [0.05, 0.1) is 48.9 Å². The Labute approximate surface area is 348 Å². The number of benzene rings is 2. The Bertz CT molecular complexity index is 2470. The molecule has 4 aromatic heterocycles. The van der Waals surface area contributed by atoms with Gasteiger partial charge in [-0.1, -0.05) is 80.6 Å². The molecular formula is C43H44N8O6S2. The fourth-order valence-electron chi connectivity index (χ4n) is 7.64. The number of hydrogen-bond acceptors (Lipinski definition) is 10. The number of likely N-dealkylation sites (tertiary alicyclic amines) is 1. The zero-order valence-electron chi connectivity index (χ0n) is 32.9. The van der Waals surface area contributed by atoms with E-state index in [-0.39, 0.29) is 29.8 Å². The minimum absolute atomic E-state index is 0.132. The number of rotatable bonds is 11. The summed E-state index contributed by atoms with van der Waals surface area (Å²) in [5, 5.41) is 5.39. The van der Waals surface area contributed by atoms with Gasteiger partial charge in [0.1, 0.15) is 29.8 Å². The number of aromatic nitrogens is 4. The average Bonchev–Trinajstić information content (AvgIpc) is 4.10. The number of thiophene rings is 2. The van der Waals surface area contributed by atoms with Crippen LogP contribution < -0.4 is 10.6 Å². The van der Waals surface area contributed by atoms with Crippen molar-refractivity contribution in [3.05, 3.63) is 108 Å². The minimum atomic E-state index is -0.876. The summed E-state index contributed by atoms with van der Waals surface area (Å²) in [7, 11) is 2.56. The Balaban J connectivity index is 0.938. The van der Waals surface area contributed by atoms with Crippen LogP contribution in [0.3, 0.4) is 0 Å². The molecule has 1 fully saturated rings. The normalized spacial score (nSPS) is 17.4. The third-order valence-corrected chi connectivity index (χ3v) is 13.1. The Morgan fingerprint density at radius 2 is 1.42 bits per heavy atom. The molecule has 2 aliphatic rings. The summed E-state index contributed by atoms with van der Waals surface area (Å²) in [5.74, 6) is 0.823. The summed E-state index contributed by atoms with van der Waals surface area (Å²) in [4.78, 5) is 73.6. The maximum Gasteiger partial charge on any atom is 0.407 e. The largest absolute Gasteiger partial charge is 0.453 e. The molecule has 6 aromatic rings. The van der Waals surface area contributed by atoms with Crippen LogP contribution in [0.25, 0.3) is 41.7 Å². The maximum atomic E-state index is 13.9. The van der Waals surface area contributed by atoms with Gasteiger partial charge in [0.15, 0.2) is 0 Å². The van der Waals surface area contributed by atoms with Gasteiger partial charge in [-0.25, -0.2) is 19.6 Å². The first-order valence-electron chi connectivity index (χ1n) is 19.4. The molecule has 4 N–H and O–H groups in total. The van der Waals surface area contributed by atoms with E-state index in [2.05, 4.69) is 62.0 Å². The topological polar surface area (TPSA) is 175 Å². The summed E-state index contributed by atoms with van der Waals surface area (Å²) in [6.45, 7) is 4.74. The van der Waals surface area contributed by atoms with Gasteiger partial charge in [0, 0.05) is 27.4 Å². The van der Waals surface area contributed by atoms with E-state index in [0.29, 0.717) is 24.5 Å². The first kappa shape index (κ1) is 39.6. The number of hydrogen-bond donors (Lipinski definition) is 4. The number of alkyl carbamates (subject to hydrolysis) is 2. The first-order chi connectivity index (χ1) is 28.6. The van der Waals surface area contributed by atoms with E-state index in [1.54, 1.807) is 38.7 Å². The lowest BCUT2D eigenvalue weighted by Crippen LogP contribution is -2.51. The predicted molar refractivity (Wildman–Crippen MR) is 226 cm³/mol. The number of methoxy groups -OCH3 is 2. The van der Waals surface area contributed by atoms with Crippen molar-refractivity contribution in [1.82, 2.24) is 40.4 Å². The van der Waals surface area contributed by atoms with E-state index >= 15 is 0 Å². The standard InChI is InChI=1S/C43H44N8O6S2/c1-24(2)36(48-42(54)56-3)40(52)50-18-8-12-30(50)38-44-22-28(46-38)25-14-16-26(17-15-25)32-20-34-35(58-32)21-33(59-34)29-23-45-39(47-29)31-13-9-19-51(31)41(53)37(49-43(55)57-4)27-10-6-5-7-11-27/h5-8,10-12,14-17,20-24,30-31,36-37H,9,13,18-19H2,1-4H3,(H,44,46)(H,45,47)(H,48,54)(H,49,55)/t30-,31?,36-,37?/m0/s1. The van der Waals surface area contributed by atoms with E-state index < -0.39 is 24.3 Å². The SMILES string of the molecule is COC(=O)NC(C(=O)N1CCCC1c1ncc(-c2cc3sc(-c4ccc(-c5cnc([C@@H]6C=CCN6C(=O)[C@@H](NC(=O)OC)C(C)C)[nH]5)cc4)cc3s2)[nH]1)c1ccccc1. The molecule has 2 aliphatic heterocycles. The highest BCUT2D eigenvalue weighted by Crippen LogP contribution is 2.42. The summed E-state index contributed by atoms with van der Waals surface area (Å²) in [6.07, 6.45) is 7.76. The second-order valence-corrected chi connectivity index (χ2v) is 16.9. The molecule has 304 valence electrons. The summed E-state index contributed by atoms with van der Waals surface area (Å²) in [6, 6.07) is 19.7. The van der Waals surface area contributed by atoms with Crippen molar-refractivity contribution in [2.45, 2.75) is 50.9 Å². The molecule has 0 radical (unpaired) electrons. The lowest BCUT2D eigenvalue weighted by molar-refractivity contribution is -0.135. The van der Waals surface area contributed by atoms with Crippen LogP contribution in [0.5, 0.6) is 0 Å². The van der Waals surface area contributed by atoms with Gasteiger partial charge < -0.3 is 39.9 Å². The van der Waals surface area contributed by atoms with E-state index in [9.17, 15) is 19.2 Å². The van der Waals surface area contributed by atoms with Crippen molar-refractivity contribution in [2.75, 3.05) is 27.3 Å². The van der Waals surface area contributed by atoms with Crippen LogP contribution in [0.1, 0.15) is 62.0 Å². The highest BCUT2D eigenvalue weighted by Gasteiger charge is 2.38. The number of nitrogens with zero attached hydrogens (tertiary/aromatic N) is 4. The van der Waals surface area contributed by atoms with Crippen molar-refractivity contribution in [3.63, 3.8) is 0 Å². The van der Waals surface area contributed by atoms with Crippen LogP contribution in [0, 0.1) is 5.92 Å². The van der Waals surface area contributed by atoms with Crippen molar-refractivity contribution < 1.29 is 28.7 Å². The van der Waals surface area contributed by atoms with Gasteiger partial charge in [-0.2, -0.15) is 0 Å². The van der Waals surface area contributed by atoms with Crippen molar-refractivity contribution in [1.29, 1.82) is 0 Å². The highest BCUT2D eigenvalue weighted by atomic mass is 32.1. The van der Waals surface area contributed by atoms with Crippen LogP contribution in [0.4, 0.5) is 9.59 Å². The average molecular weight is 833 g/mol. The lowest BCUT2D eigenvalue weighted by Gasteiger charge is -2.29. The Kier molecular flexibility index (Phi) is 11.3. The molecule has 1 saturated heterocycles. The molecule has 8 rings (SSSR count). The molecule has 59 heavy (non-hydrogen) atoms. The highest BCUT2D eigenvalue weighted by molar-refractivity contribution is 7.31. The number of amides is 4. The van der Waals surface area contributed by atoms with Crippen molar-refractivity contribution in [3.8, 4) is 32.3 Å². The lowest BCUT2D eigenvalue weighted by atomic mass is 10.0. The Hall–Kier alpha value is -6.26. The first-order valence-corrected chi connectivity index (χ1v) is 21.0. The molecule has 0 bridgehead atoms. The number of nitrogens with one attached hydrogen (secondary N) is 4. The van der Waals surface area contributed by atoms with E-state index in [0.717, 1.165) is 50.9 Å². The second-order valence-electron chi connectivity index (χ2n) is 14.8. The number of fused-ring (bicyclic) bond motifs is 1. The van der Waals surface area contributed by atoms with Crippen LogP contribution in [0.2, 0.25) is 0 Å². The molecule has 0 aliphatic carbocycles. The van der Waals surface area contributed by atoms with Crippen LogP contribution in [0.15, 0.2) is 91.3 Å². The van der Waals surface area contributed by atoms with Gasteiger partial charge >= 0.3 is 12.2 Å². The fourth-order valence-corrected chi connectivity index (χ4v) is 10.0. The molecular weight excluding hydrogens is 789 g/mol. The van der Waals surface area contributed by atoms with Gasteiger partial charge in [-0.3, -0.25) is 9.59 Å². The molecule has 0 spiro atoms. The monoisotopic (exact) mass is 832 g/mol. The van der Waals surface area contributed by atoms with Gasteiger partial charge in [-0.05, 0) is 47.6 Å². The third kappa shape index (κ3) is 8.10. The second kappa shape index (κ2) is 16.9. The molecule has 4 amide bonds. The summed E-state index contributed by atoms with van der Waals surface area (Å²) >= 11 is 3.41. The summed E-state index contributed by atoms with van der Waals surface area (Å²) in [5.41, 5.74) is 4.48. The molecule has 0 saturated carbocycles. The number of aromatic amines is 2. The van der Waals surface area contributed by atoms with Crippen LogP contribution in [-0.2, 0) is 19.1 Å². The van der Waals surface area contributed by atoms with Gasteiger partial charge in [0.2, 0.25) is 5.91 Å². The molecule has 2 unspecified atom stereocenters. The van der Waals surface area contributed by atoms with E-state index in [1.807, 2.05) is 62.5 Å². The minimum Gasteiger partial charge on any atom is -0.453 e. The molecule has 6 heterocycles. The number of ether oxygens (including phenoxy) is 2. The Morgan fingerprint density at radius 3 is 2.15 bits per heavy atom. The zero-order chi connectivity index (χ0) is 41.2. The van der Waals surface area contributed by atoms with E-state index in [1.165, 1.54) is 23.6 Å². The molecule has 16 heteroatoms. The van der Waals surface area contributed by atoms with Gasteiger partial charge in [-0.15, -0.1) is 22.7 Å². The number of carbonyl (C=O) groups excluding carboxylic acids is 4. The Morgan fingerprint density at radius 1 is 0.780 bits per heavy atom.